The molecule has 3 aromatic carbocycles. The van der Waals surface area contributed by atoms with Gasteiger partial charge in [0.1, 0.15) is 0 Å². The fraction of sp³-hybridized carbons (Fsp3) is 0.240. The van der Waals surface area contributed by atoms with Gasteiger partial charge < -0.3 is 15.3 Å². The van der Waals surface area contributed by atoms with Crippen molar-refractivity contribution in [3.05, 3.63) is 108 Å². The topological polar surface area (TPSA) is 47.9 Å². The van der Waals surface area contributed by atoms with Crippen molar-refractivity contribution in [2.24, 2.45) is 4.99 Å². The van der Waals surface area contributed by atoms with Crippen molar-refractivity contribution in [1.29, 1.82) is 0 Å². The summed E-state index contributed by atoms with van der Waals surface area (Å²) in [5.41, 5.74) is 3.64. The van der Waals surface area contributed by atoms with E-state index in [-0.39, 0.29) is 24.7 Å². The largest absolute Gasteiger partial charge is 0.394 e. The highest BCUT2D eigenvalue weighted by atomic mass is 16.3. The molecule has 1 fully saturated rings. The molecule has 0 aromatic heterocycles. The average molecular weight is 386 g/mol. The van der Waals surface area contributed by atoms with Crippen molar-refractivity contribution in [2.75, 3.05) is 13.7 Å². The molecule has 4 rings (SSSR count). The molecule has 1 saturated heterocycles. The highest BCUT2D eigenvalue weighted by Crippen LogP contribution is 2.38. The van der Waals surface area contributed by atoms with Crippen LogP contribution in [0.3, 0.4) is 0 Å². The first-order chi connectivity index (χ1) is 14.3. The number of aliphatic hydroxyl groups excluding tert-OH is 1. The molecule has 0 unspecified atom stereocenters. The first kappa shape index (κ1) is 19.2. The van der Waals surface area contributed by atoms with E-state index in [1.54, 1.807) is 0 Å². The molecule has 0 spiro atoms. The Bertz CT molecular complexity index is 928. The molecule has 0 radical (unpaired) electrons. The zero-order valence-corrected chi connectivity index (χ0v) is 16.6. The summed E-state index contributed by atoms with van der Waals surface area (Å²) in [5.74, 6) is 0.822. The molecule has 1 heterocycles. The molecule has 0 saturated carbocycles. The lowest BCUT2D eigenvalue weighted by Gasteiger charge is -2.25. The maximum absolute atomic E-state index is 9.95. The Morgan fingerprint density at radius 3 is 2.00 bits per heavy atom. The van der Waals surface area contributed by atoms with Crippen LogP contribution in [0.15, 0.2) is 96.0 Å². The van der Waals surface area contributed by atoms with Crippen LogP contribution in [0.25, 0.3) is 0 Å². The number of guanidine groups is 1. The van der Waals surface area contributed by atoms with Gasteiger partial charge in [-0.3, -0.25) is 0 Å². The van der Waals surface area contributed by atoms with E-state index in [0.717, 1.165) is 5.96 Å². The van der Waals surface area contributed by atoms with E-state index in [9.17, 15) is 5.11 Å². The molecule has 0 bridgehead atoms. The van der Waals surface area contributed by atoms with Crippen LogP contribution >= 0.6 is 0 Å². The lowest BCUT2D eigenvalue weighted by Crippen LogP contribution is -2.31. The van der Waals surface area contributed by atoms with Gasteiger partial charge in [0.05, 0.1) is 24.7 Å². The fourth-order valence-electron chi connectivity index (χ4n) is 4.01. The number of benzene rings is 3. The van der Waals surface area contributed by atoms with Crippen LogP contribution in [0.1, 0.15) is 28.8 Å². The number of nitrogens with zero attached hydrogens (tertiary/aromatic N) is 2. The van der Waals surface area contributed by atoms with Crippen molar-refractivity contribution >= 4 is 5.96 Å². The first-order valence-electron chi connectivity index (χ1n) is 10.1. The summed E-state index contributed by atoms with van der Waals surface area (Å²) < 4.78 is 0. The van der Waals surface area contributed by atoms with Crippen LogP contribution in [0.2, 0.25) is 0 Å². The second kappa shape index (κ2) is 8.93. The predicted molar refractivity (Wildman–Crippen MR) is 118 cm³/mol. The fourth-order valence-corrected chi connectivity index (χ4v) is 4.01. The summed E-state index contributed by atoms with van der Waals surface area (Å²) in [6, 6.07) is 31.2. The second-order valence-corrected chi connectivity index (χ2v) is 7.48. The number of aliphatic imine (C=N–C) groups is 1. The number of nitrogens with one attached hydrogen (secondary N) is 1. The normalized spacial score (nSPS) is 21.2. The van der Waals surface area contributed by atoms with E-state index >= 15 is 0 Å². The third kappa shape index (κ3) is 4.33. The molecule has 148 valence electrons. The molecule has 0 aliphatic carbocycles. The predicted octanol–water partition coefficient (Wildman–Crippen LogP) is 3.96. The molecule has 29 heavy (non-hydrogen) atoms. The van der Waals surface area contributed by atoms with E-state index in [2.05, 4.69) is 77.9 Å². The Hall–Kier alpha value is -3.11. The Balaban J connectivity index is 1.65. The Morgan fingerprint density at radius 1 is 0.862 bits per heavy atom. The lowest BCUT2D eigenvalue weighted by molar-refractivity contribution is 0.264. The third-order valence-corrected chi connectivity index (χ3v) is 5.48. The van der Waals surface area contributed by atoms with Gasteiger partial charge in [-0.25, -0.2) is 4.99 Å². The molecule has 2 N–H and O–H groups in total. The summed E-state index contributed by atoms with van der Waals surface area (Å²) in [6.45, 7) is 0.0138. The van der Waals surface area contributed by atoms with Crippen LogP contribution in [0, 0.1) is 0 Å². The van der Waals surface area contributed by atoms with Crippen molar-refractivity contribution in [2.45, 2.75) is 24.5 Å². The molecule has 1 aliphatic rings. The lowest BCUT2D eigenvalue weighted by atomic mass is 9.94. The molecule has 3 atom stereocenters. The molecular formula is C25H27N3O. The van der Waals surface area contributed by atoms with Gasteiger partial charge in [0.25, 0.3) is 0 Å². The highest BCUT2D eigenvalue weighted by Gasteiger charge is 2.37. The van der Waals surface area contributed by atoms with Crippen molar-refractivity contribution in [3.63, 3.8) is 0 Å². The van der Waals surface area contributed by atoms with Crippen molar-refractivity contribution in [3.8, 4) is 0 Å². The van der Waals surface area contributed by atoms with Gasteiger partial charge in [-0.15, -0.1) is 0 Å². The molecule has 0 amide bonds. The van der Waals surface area contributed by atoms with Gasteiger partial charge in [0.2, 0.25) is 0 Å². The minimum absolute atomic E-state index is 0.0138. The van der Waals surface area contributed by atoms with Crippen LogP contribution in [0.5, 0.6) is 0 Å². The van der Waals surface area contributed by atoms with Gasteiger partial charge in [0, 0.05) is 7.05 Å². The third-order valence-electron chi connectivity index (χ3n) is 5.48. The Morgan fingerprint density at radius 2 is 1.41 bits per heavy atom. The van der Waals surface area contributed by atoms with E-state index in [1.165, 1.54) is 16.7 Å². The summed E-state index contributed by atoms with van der Waals surface area (Å²) in [7, 11) is 2.07. The minimum Gasteiger partial charge on any atom is -0.394 e. The van der Waals surface area contributed by atoms with Crippen molar-refractivity contribution in [1.82, 2.24) is 10.2 Å². The van der Waals surface area contributed by atoms with Gasteiger partial charge in [-0.05, 0) is 23.1 Å². The number of rotatable bonds is 6. The van der Waals surface area contributed by atoms with E-state index in [1.807, 2.05) is 30.3 Å². The molecular weight excluding hydrogens is 358 g/mol. The minimum atomic E-state index is -0.187. The summed E-state index contributed by atoms with van der Waals surface area (Å²) in [5, 5.41) is 13.6. The molecule has 4 nitrogen and oxygen atoms in total. The number of hydrogen-bond donors (Lipinski definition) is 2. The highest BCUT2D eigenvalue weighted by molar-refractivity contribution is 5.83. The van der Waals surface area contributed by atoms with Gasteiger partial charge >= 0.3 is 0 Å². The van der Waals surface area contributed by atoms with Crippen LogP contribution in [-0.4, -0.2) is 35.7 Å². The van der Waals surface area contributed by atoms with Gasteiger partial charge in [-0.2, -0.15) is 0 Å². The summed E-state index contributed by atoms with van der Waals surface area (Å²) >= 11 is 0. The van der Waals surface area contributed by atoms with Crippen molar-refractivity contribution < 1.29 is 5.11 Å². The second-order valence-electron chi connectivity index (χ2n) is 7.48. The zero-order chi connectivity index (χ0) is 20.1. The SMILES string of the molecule is CN1/C(=N/[C@H](CO)Cc2ccccc2)N[C@@H](c2ccccc2)[C@@H]1c1ccccc1. The van der Waals surface area contributed by atoms with Crippen LogP contribution < -0.4 is 5.32 Å². The Labute approximate surface area is 172 Å². The number of aliphatic hydroxyl groups is 1. The standard InChI is InChI=1S/C25H27N3O/c1-28-24(21-15-9-4-10-16-21)23(20-13-7-3-8-14-20)27-25(28)26-22(18-29)17-19-11-5-2-6-12-19/h2-16,22-24,29H,17-18H2,1H3,(H,26,27)/t22-,23-,24-/m0/s1. The average Bonchev–Trinajstić information content (AvgIpc) is 3.11. The molecule has 1 aliphatic heterocycles. The van der Waals surface area contributed by atoms with E-state index < -0.39 is 0 Å². The zero-order valence-electron chi connectivity index (χ0n) is 16.6. The van der Waals surface area contributed by atoms with Gasteiger partial charge in [0.15, 0.2) is 5.96 Å². The maximum atomic E-state index is 9.95. The van der Waals surface area contributed by atoms with E-state index in [0.29, 0.717) is 6.42 Å². The smallest absolute Gasteiger partial charge is 0.195 e. The van der Waals surface area contributed by atoms with Gasteiger partial charge in [-0.1, -0.05) is 91.0 Å². The number of likely N-dealkylation sites (N-methyl/N-ethyl adjacent to an activating group) is 1. The maximum Gasteiger partial charge on any atom is 0.195 e. The van der Waals surface area contributed by atoms with E-state index in [4.69, 9.17) is 4.99 Å². The molecule has 4 heteroatoms. The molecule has 3 aromatic rings. The van der Waals surface area contributed by atoms with Crippen LogP contribution in [-0.2, 0) is 6.42 Å². The quantitative estimate of drug-likeness (QED) is 0.675. The first-order valence-corrected chi connectivity index (χ1v) is 10.1. The van der Waals surface area contributed by atoms with Crippen LogP contribution in [0.4, 0.5) is 0 Å². The summed E-state index contributed by atoms with van der Waals surface area (Å²) in [4.78, 5) is 7.10. The number of hydrogen-bond acceptors (Lipinski definition) is 2. The monoisotopic (exact) mass is 385 g/mol. The summed E-state index contributed by atoms with van der Waals surface area (Å²) in [6.07, 6.45) is 0.711. The Kier molecular flexibility index (Phi) is 5.92.